The summed E-state index contributed by atoms with van der Waals surface area (Å²) in [4.78, 5) is 28.0. The summed E-state index contributed by atoms with van der Waals surface area (Å²) in [6.45, 7) is 5.18. The molecule has 10 heteroatoms. The predicted molar refractivity (Wildman–Crippen MR) is 150 cm³/mol. The molecule has 0 saturated carbocycles. The molecule has 0 fully saturated rings. The number of carbonyl (C=O) groups excluding carboxylic acids is 2. The summed E-state index contributed by atoms with van der Waals surface area (Å²) in [6.07, 6.45) is 0. The molecule has 196 valence electrons. The molecule has 2 amide bonds. The third-order valence-electron chi connectivity index (χ3n) is 5.83. The fourth-order valence-electron chi connectivity index (χ4n) is 3.78. The molecular weight excluding hydrogens is 578 g/mol. The summed E-state index contributed by atoms with van der Waals surface area (Å²) >= 11 is 9.63. The summed E-state index contributed by atoms with van der Waals surface area (Å²) < 4.78 is 29.5. The van der Waals surface area contributed by atoms with E-state index in [1.807, 2.05) is 24.3 Å². The van der Waals surface area contributed by atoms with Crippen molar-refractivity contribution in [1.29, 1.82) is 0 Å². The van der Waals surface area contributed by atoms with E-state index < -0.39 is 28.5 Å². The second-order valence-electron chi connectivity index (χ2n) is 8.47. The van der Waals surface area contributed by atoms with E-state index >= 15 is 0 Å². The van der Waals surface area contributed by atoms with Crippen LogP contribution >= 0.6 is 27.5 Å². The molecule has 0 radical (unpaired) electrons. The van der Waals surface area contributed by atoms with Crippen molar-refractivity contribution < 1.29 is 18.0 Å². The fourth-order valence-corrected chi connectivity index (χ4v) is 5.70. The summed E-state index contributed by atoms with van der Waals surface area (Å²) in [5.41, 5.74) is 1.72. The number of nitrogens with zero attached hydrogens (tertiary/aromatic N) is 2. The Labute approximate surface area is 231 Å². The van der Waals surface area contributed by atoms with E-state index in [0.29, 0.717) is 22.8 Å². The lowest BCUT2D eigenvalue weighted by molar-refractivity contribution is -0.139. The minimum Gasteiger partial charge on any atom is -0.355 e. The third-order valence-corrected chi connectivity index (χ3v) is 8.37. The van der Waals surface area contributed by atoms with Gasteiger partial charge in [0, 0.05) is 22.6 Å². The molecule has 0 saturated heterocycles. The fraction of sp³-hybridized carbons (Fsp3) is 0.259. The maximum Gasteiger partial charge on any atom is 0.264 e. The second kappa shape index (κ2) is 12.6. The van der Waals surface area contributed by atoms with Crippen LogP contribution in [0.15, 0.2) is 82.2 Å². The Balaban J connectivity index is 2.05. The van der Waals surface area contributed by atoms with E-state index in [9.17, 15) is 18.0 Å². The van der Waals surface area contributed by atoms with Gasteiger partial charge in [0.05, 0.1) is 10.6 Å². The predicted octanol–water partition coefficient (Wildman–Crippen LogP) is 5.16. The normalized spacial score (nSPS) is 12.0. The van der Waals surface area contributed by atoms with Crippen molar-refractivity contribution >= 4 is 55.1 Å². The first-order valence-corrected chi connectivity index (χ1v) is 14.3. The number of amides is 2. The number of carbonyl (C=O) groups is 2. The highest BCUT2D eigenvalue weighted by molar-refractivity contribution is 9.10. The number of aryl methyl sites for hydroxylation is 1. The molecule has 0 aliphatic rings. The van der Waals surface area contributed by atoms with Crippen LogP contribution in [-0.4, -0.2) is 44.3 Å². The molecule has 1 atom stereocenters. The molecule has 0 bridgehead atoms. The van der Waals surface area contributed by atoms with Gasteiger partial charge in [0.25, 0.3) is 10.0 Å². The Kier molecular flexibility index (Phi) is 9.75. The SMILES string of the molecule is CCNC(=O)C(C)N(Cc1ccc(Br)cc1)C(=O)CN(c1cc(Cl)ccc1C)S(=O)(=O)c1ccccc1. The minimum absolute atomic E-state index is 0.0402. The molecule has 3 aromatic rings. The van der Waals surface area contributed by atoms with Gasteiger partial charge in [-0.1, -0.05) is 63.9 Å². The van der Waals surface area contributed by atoms with Crippen LogP contribution in [0.3, 0.4) is 0 Å². The molecule has 1 unspecified atom stereocenters. The van der Waals surface area contributed by atoms with Gasteiger partial charge in [0.1, 0.15) is 12.6 Å². The van der Waals surface area contributed by atoms with Gasteiger partial charge >= 0.3 is 0 Å². The van der Waals surface area contributed by atoms with Gasteiger partial charge in [-0.3, -0.25) is 13.9 Å². The summed E-state index contributed by atoms with van der Waals surface area (Å²) in [6, 6.07) is 19.3. The van der Waals surface area contributed by atoms with E-state index in [4.69, 9.17) is 11.6 Å². The van der Waals surface area contributed by atoms with Gasteiger partial charge in [-0.2, -0.15) is 0 Å². The monoisotopic (exact) mass is 605 g/mol. The standard InChI is InChI=1S/C27H29BrClN3O4S/c1-4-30-27(34)20(3)31(17-21-11-13-22(28)14-12-21)26(33)18-32(25-16-23(29)15-10-19(25)2)37(35,36)24-8-6-5-7-9-24/h5-16,20H,4,17-18H2,1-3H3,(H,30,34). The van der Waals surface area contributed by atoms with Crippen LogP contribution in [-0.2, 0) is 26.2 Å². The molecule has 3 aromatic carbocycles. The molecule has 0 spiro atoms. The van der Waals surface area contributed by atoms with Crippen molar-refractivity contribution in [3.05, 3.63) is 93.4 Å². The average Bonchev–Trinajstić information content (AvgIpc) is 2.88. The van der Waals surface area contributed by atoms with Crippen LogP contribution in [0.2, 0.25) is 5.02 Å². The van der Waals surface area contributed by atoms with Crippen LogP contribution < -0.4 is 9.62 Å². The molecule has 0 heterocycles. The lowest BCUT2D eigenvalue weighted by Gasteiger charge is -2.32. The first-order valence-electron chi connectivity index (χ1n) is 11.7. The maximum absolute atomic E-state index is 13.8. The molecular formula is C27H29BrClN3O4S. The van der Waals surface area contributed by atoms with Gasteiger partial charge in [-0.15, -0.1) is 0 Å². The number of benzene rings is 3. The highest BCUT2D eigenvalue weighted by Gasteiger charge is 2.33. The van der Waals surface area contributed by atoms with Gasteiger partial charge < -0.3 is 10.2 Å². The Morgan fingerprint density at radius 2 is 1.68 bits per heavy atom. The van der Waals surface area contributed by atoms with E-state index in [-0.39, 0.29) is 17.3 Å². The Bertz CT molecular complexity index is 1350. The maximum atomic E-state index is 13.8. The lowest BCUT2D eigenvalue weighted by Crippen LogP contribution is -2.51. The number of hydrogen-bond acceptors (Lipinski definition) is 4. The van der Waals surface area contributed by atoms with Crippen LogP contribution in [0.4, 0.5) is 5.69 Å². The number of hydrogen-bond donors (Lipinski definition) is 1. The van der Waals surface area contributed by atoms with Gasteiger partial charge in [-0.25, -0.2) is 8.42 Å². The number of anilines is 1. The third kappa shape index (κ3) is 7.12. The summed E-state index contributed by atoms with van der Waals surface area (Å²) in [7, 11) is -4.14. The first-order chi connectivity index (χ1) is 17.5. The topological polar surface area (TPSA) is 86.8 Å². The highest BCUT2D eigenvalue weighted by Crippen LogP contribution is 2.30. The van der Waals surface area contributed by atoms with Crippen molar-refractivity contribution in [2.45, 2.75) is 38.3 Å². The molecule has 0 aliphatic carbocycles. The number of likely N-dealkylation sites (N-methyl/N-ethyl adjacent to an activating group) is 1. The molecule has 0 aliphatic heterocycles. The highest BCUT2D eigenvalue weighted by atomic mass is 79.9. The smallest absolute Gasteiger partial charge is 0.264 e. The largest absolute Gasteiger partial charge is 0.355 e. The van der Waals surface area contributed by atoms with E-state index in [0.717, 1.165) is 14.3 Å². The van der Waals surface area contributed by atoms with E-state index in [1.165, 1.54) is 23.1 Å². The zero-order chi connectivity index (χ0) is 27.2. The van der Waals surface area contributed by atoms with Gasteiger partial charge in [0.15, 0.2) is 0 Å². The van der Waals surface area contributed by atoms with Gasteiger partial charge in [-0.05, 0) is 68.3 Å². The van der Waals surface area contributed by atoms with Crippen LogP contribution in [0.5, 0.6) is 0 Å². The molecule has 0 aromatic heterocycles. The Hall–Kier alpha value is -2.88. The second-order valence-corrected chi connectivity index (χ2v) is 11.7. The van der Waals surface area contributed by atoms with E-state index in [1.54, 1.807) is 51.1 Å². The van der Waals surface area contributed by atoms with Crippen molar-refractivity contribution in [3.8, 4) is 0 Å². The average molecular weight is 607 g/mol. The molecule has 1 N–H and O–H groups in total. The number of nitrogens with one attached hydrogen (secondary N) is 1. The summed E-state index contributed by atoms with van der Waals surface area (Å²) in [5.74, 6) is -0.857. The summed E-state index contributed by atoms with van der Waals surface area (Å²) in [5, 5.41) is 3.08. The molecule has 7 nitrogen and oxygen atoms in total. The van der Waals surface area contributed by atoms with Crippen molar-refractivity contribution in [2.75, 3.05) is 17.4 Å². The van der Waals surface area contributed by atoms with Crippen LogP contribution in [0, 0.1) is 6.92 Å². The lowest BCUT2D eigenvalue weighted by atomic mass is 10.1. The van der Waals surface area contributed by atoms with Crippen molar-refractivity contribution in [1.82, 2.24) is 10.2 Å². The van der Waals surface area contributed by atoms with Gasteiger partial charge in [0.2, 0.25) is 11.8 Å². The van der Waals surface area contributed by atoms with Crippen molar-refractivity contribution in [2.24, 2.45) is 0 Å². The Morgan fingerprint density at radius 1 is 1.03 bits per heavy atom. The number of halogens is 2. The number of rotatable bonds is 10. The zero-order valence-electron chi connectivity index (χ0n) is 20.8. The van der Waals surface area contributed by atoms with E-state index in [2.05, 4.69) is 21.2 Å². The quantitative estimate of drug-likeness (QED) is 0.346. The first kappa shape index (κ1) is 28.7. The van der Waals surface area contributed by atoms with Crippen molar-refractivity contribution in [3.63, 3.8) is 0 Å². The van der Waals surface area contributed by atoms with Crippen LogP contribution in [0.25, 0.3) is 0 Å². The van der Waals surface area contributed by atoms with Crippen LogP contribution in [0.1, 0.15) is 25.0 Å². The Morgan fingerprint density at radius 3 is 2.30 bits per heavy atom. The number of sulfonamides is 1. The molecule has 3 rings (SSSR count). The molecule has 37 heavy (non-hydrogen) atoms. The zero-order valence-corrected chi connectivity index (χ0v) is 24.0. The minimum atomic E-state index is -4.14.